The molecule has 0 saturated heterocycles. The summed E-state index contributed by atoms with van der Waals surface area (Å²) in [6.07, 6.45) is 1.35. The molecular weight excluding hydrogens is 309 g/mol. The summed E-state index contributed by atoms with van der Waals surface area (Å²) in [5, 5.41) is 2.45. The van der Waals surface area contributed by atoms with Crippen molar-refractivity contribution in [1.82, 2.24) is 5.32 Å². The van der Waals surface area contributed by atoms with Gasteiger partial charge in [0.25, 0.3) is 6.43 Å². The molecule has 2 aliphatic rings. The number of nitrogens with zero attached hydrogens (tertiary/aromatic N) is 1. The van der Waals surface area contributed by atoms with Crippen molar-refractivity contribution in [3.8, 4) is 0 Å². The van der Waals surface area contributed by atoms with E-state index < -0.39 is 6.43 Å². The topological polar surface area (TPSA) is 24.4 Å². The van der Waals surface area contributed by atoms with Crippen LogP contribution in [0.4, 0.5) is 13.2 Å². The van der Waals surface area contributed by atoms with Gasteiger partial charge in [0.1, 0.15) is 5.82 Å². The van der Waals surface area contributed by atoms with Crippen molar-refractivity contribution >= 4 is 23.2 Å². The number of alkyl halides is 2. The molecule has 0 unspecified atom stereocenters. The minimum atomic E-state index is -2.63. The summed E-state index contributed by atoms with van der Waals surface area (Å²) >= 11 is 1.74. The summed E-state index contributed by atoms with van der Waals surface area (Å²) in [5.74, 6) is 1.14. The van der Waals surface area contributed by atoms with E-state index >= 15 is 0 Å². The van der Waals surface area contributed by atoms with E-state index in [0.717, 1.165) is 22.1 Å². The maximum Gasteiger partial charge on any atom is 0.295 e. The fraction of sp³-hybridized carbons (Fsp3) is 0.438. The van der Waals surface area contributed by atoms with Crippen LogP contribution < -0.4 is 5.32 Å². The molecular formula is C16H17F3N2S. The van der Waals surface area contributed by atoms with Crippen LogP contribution in [0.5, 0.6) is 0 Å². The van der Waals surface area contributed by atoms with Gasteiger partial charge < -0.3 is 5.32 Å². The second kappa shape index (κ2) is 6.36. The van der Waals surface area contributed by atoms with Crippen molar-refractivity contribution in [2.75, 3.05) is 12.3 Å². The van der Waals surface area contributed by atoms with Crippen LogP contribution in [0.1, 0.15) is 24.0 Å². The van der Waals surface area contributed by atoms with Gasteiger partial charge in [-0.2, -0.15) is 0 Å². The number of amidine groups is 1. The maximum absolute atomic E-state index is 14.2. The third-order valence-electron chi connectivity index (χ3n) is 3.80. The predicted octanol–water partition coefficient (Wildman–Crippen LogP) is 4.24. The van der Waals surface area contributed by atoms with Gasteiger partial charge in [-0.1, -0.05) is 0 Å². The summed E-state index contributed by atoms with van der Waals surface area (Å²) in [6, 6.07) is 3.33. The van der Waals surface area contributed by atoms with E-state index in [1.165, 1.54) is 25.1 Å². The molecule has 0 aromatic heterocycles. The van der Waals surface area contributed by atoms with Gasteiger partial charge in [-0.3, -0.25) is 4.99 Å². The second-order valence-electron chi connectivity index (χ2n) is 5.67. The van der Waals surface area contributed by atoms with Crippen LogP contribution in [0.3, 0.4) is 0 Å². The zero-order valence-electron chi connectivity index (χ0n) is 12.2. The van der Waals surface area contributed by atoms with Crippen LogP contribution in [0.2, 0.25) is 0 Å². The highest BCUT2D eigenvalue weighted by Gasteiger charge is 2.22. The Balaban J connectivity index is 1.79. The number of hydrogen-bond acceptors (Lipinski definition) is 3. The number of nitrogens with one attached hydrogen (secondary N) is 1. The minimum absolute atomic E-state index is 0.0688. The normalized spacial score (nSPS) is 18.0. The number of halogens is 3. The van der Waals surface area contributed by atoms with E-state index in [-0.39, 0.29) is 18.2 Å². The Bertz CT molecular complexity index is 637. The molecule has 0 bridgehead atoms. The van der Waals surface area contributed by atoms with E-state index in [4.69, 9.17) is 0 Å². The van der Waals surface area contributed by atoms with Crippen molar-refractivity contribution in [3.05, 3.63) is 35.3 Å². The van der Waals surface area contributed by atoms with Crippen LogP contribution in [0.25, 0.3) is 5.57 Å². The third-order valence-corrected chi connectivity index (χ3v) is 5.19. The molecule has 0 radical (unpaired) electrons. The summed E-state index contributed by atoms with van der Waals surface area (Å²) in [4.78, 5) is 4.83. The Morgan fingerprint density at radius 2 is 2.14 bits per heavy atom. The van der Waals surface area contributed by atoms with Gasteiger partial charge in [-0.15, -0.1) is 11.8 Å². The van der Waals surface area contributed by atoms with Gasteiger partial charge in [0, 0.05) is 22.4 Å². The van der Waals surface area contributed by atoms with Gasteiger partial charge in [0.05, 0.1) is 6.54 Å². The number of benzene rings is 1. The Morgan fingerprint density at radius 3 is 2.73 bits per heavy atom. The smallest absolute Gasteiger partial charge is 0.295 e. The van der Waals surface area contributed by atoms with Gasteiger partial charge in [0.2, 0.25) is 0 Å². The molecule has 1 heterocycles. The van der Waals surface area contributed by atoms with Gasteiger partial charge >= 0.3 is 0 Å². The molecule has 1 aromatic rings. The van der Waals surface area contributed by atoms with E-state index in [0.29, 0.717) is 11.1 Å². The molecule has 0 atom stereocenters. The Kier molecular flexibility index (Phi) is 4.47. The van der Waals surface area contributed by atoms with Crippen LogP contribution in [-0.4, -0.2) is 24.6 Å². The van der Waals surface area contributed by atoms with Gasteiger partial charge in [0.15, 0.2) is 5.84 Å². The highest BCUT2D eigenvalue weighted by atomic mass is 32.2. The van der Waals surface area contributed by atoms with E-state index in [1.54, 1.807) is 11.8 Å². The van der Waals surface area contributed by atoms with Gasteiger partial charge in [-0.25, -0.2) is 13.2 Å². The van der Waals surface area contributed by atoms with Crippen molar-refractivity contribution in [1.29, 1.82) is 0 Å². The zero-order valence-corrected chi connectivity index (χ0v) is 13.0. The van der Waals surface area contributed by atoms with E-state index in [2.05, 4.69) is 10.3 Å². The Morgan fingerprint density at radius 1 is 1.36 bits per heavy atom. The quantitative estimate of drug-likeness (QED) is 0.818. The molecule has 6 heteroatoms. The Labute approximate surface area is 131 Å². The first kappa shape index (κ1) is 15.5. The molecule has 2 nitrogen and oxygen atoms in total. The average Bonchev–Trinajstić information content (AvgIpc) is 3.31. The number of hydrogen-bond donors (Lipinski definition) is 1. The molecule has 1 aliphatic carbocycles. The lowest BCUT2D eigenvalue weighted by Gasteiger charge is -2.16. The third kappa shape index (κ3) is 3.48. The first-order valence-electron chi connectivity index (χ1n) is 7.26. The summed E-state index contributed by atoms with van der Waals surface area (Å²) < 4.78 is 39.3. The molecule has 1 saturated carbocycles. The van der Waals surface area contributed by atoms with Crippen molar-refractivity contribution in [3.63, 3.8) is 0 Å². The van der Waals surface area contributed by atoms with E-state index in [9.17, 15) is 13.2 Å². The fourth-order valence-electron chi connectivity index (χ4n) is 2.26. The molecule has 1 aromatic carbocycles. The molecule has 0 amide bonds. The summed E-state index contributed by atoms with van der Waals surface area (Å²) in [6.45, 7) is 1.96. The molecule has 0 spiro atoms. The number of rotatable bonds is 5. The molecule has 3 rings (SSSR count). The average molecular weight is 326 g/mol. The number of thioether (sulfide) groups is 1. The SMILES string of the molecule is Cc1cc(F)c(C2=CNC(C(F)F)=NC2)cc1SCC1CC1. The molecule has 1 N–H and O–H groups in total. The van der Waals surface area contributed by atoms with Crippen molar-refractivity contribution in [2.24, 2.45) is 10.9 Å². The lowest BCUT2D eigenvalue weighted by molar-refractivity contribution is 0.221. The van der Waals surface area contributed by atoms with Crippen LogP contribution >= 0.6 is 11.8 Å². The number of aliphatic imine (C=N–C) groups is 1. The lowest BCUT2D eigenvalue weighted by atomic mass is 10.0. The zero-order chi connectivity index (χ0) is 15.7. The van der Waals surface area contributed by atoms with Crippen LogP contribution in [0, 0.1) is 18.7 Å². The Hall–Kier alpha value is -1.43. The fourth-order valence-corrected chi connectivity index (χ4v) is 3.50. The van der Waals surface area contributed by atoms with Crippen molar-refractivity contribution < 1.29 is 13.2 Å². The maximum atomic E-state index is 14.2. The second-order valence-corrected chi connectivity index (χ2v) is 6.73. The summed E-state index contributed by atoms with van der Waals surface area (Å²) in [7, 11) is 0. The van der Waals surface area contributed by atoms with E-state index in [1.807, 2.05) is 13.0 Å². The summed E-state index contributed by atoms with van der Waals surface area (Å²) in [5.41, 5.74) is 1.94. The first-order chi connectivity index (χ1) is 10.5. The monoisotopic (exact) mass is 326 g/mol. The molecule has 1 fully saturated rings. The first-order valence-corrected chi connectivity index (χ1v) is 8.24. The standard InChI is InChI=1S/C16H17F3N2S/c1-9-4-13(17)12(5-14(9)22-8-10-2-3-10)11-6-20-16(15(18)19)21-7-11/h4-6,10,15H,2-3,7-8H2,1H3,(H,20,21). The van der Waals surface area contributed by atoms with Crippen molar-refractivity contribution in [2.45, 2.75) is 31.1 Å². The van der Waals surface area contributed by atoms with Gasteiger partial charge in [-0.05, 0) is 49.0 Å². The molecule has 1 aliphatic heterocycles. The largest absolute Gasteiger partial charge is 0.345 e. The van der Waals surface area contributed by atoms with Crippen LogP contribution in [0.15, 0.2) is 28.2 Å². The molecule has 22 heavy (non-hydrogen) atoms. The highest BCUT2D eigenvalue weighted by molar-refractivity contribution is 7.99. The molecule has 118 valence electrons. The minimum Gasteiger partial charge on any atom is -0.345 e. The number of aryl methyl sites for hydroxylation is 1. The predicted molar refractivity (Wildman–Crippen MR) is 84.0 cm³/mol. The highest BCUT2D eigenvalue weighted by Crippen LogP contribution is 2.37. The lowest BCUT2D eigenvalue weighted by Crippen LogP contribution is -2.29. The van der Waals surface area contributed by atoms with Crippen LogP contribution in [-0.2, 0) is 0 Å².